The SMILES string of the molecule is N#Cc1cccc(-c2cccc(-c3cc4c5ccccc5c(-c5ccccc5)cc4c4ccccc34)c2)n1. The van der Waals surface area contributed by atoms with Crippen LogP contribution in [0.1, 0.15) is 5.69 Å². The molecular formula is C36H22N2. The fraction of sp³-hybridized carbons (Fsp3) is 0. The Balaban J connectivity index is 1.53. The molecule has 0 atom stereocenters. The predicted molar refractivity (Wildman–Crippen MR) is 158 cm³/mol. The van der Waals surface area contributed by atoms with E-state index in [-0.39, 0.29) is 0 Å². The summed E-state index contributed by atoms with van der Waals surface area (Å²) in [6.07, 6.45) is 0. The zero-order valence-corrected chi connectivity index (χ0v) is 20.6. The minimum Gasteiger partial charge on any atom is -0.237 e. The third-order valence-electron chi connectivity index (χ3n) is 7.30. The van der Waals surface area contributed by atoms with Crippen LogP contribution in [0.3, 0.4) is 0 Å². The van der Waals surface area contributed by atoms with E-state index in [0.29, 0.717) is 5.69 Å². The third kappa shape index (κ3) is 3.61. The minimum atomic E-state index is 0.421. The summed E-state index contributed by atoms with van der Waals surface area (Å²) in [5, 5.41) is 16.8. The van der Waals surface area contributed by atoms with Crippen molar-refractivity contribution in [3.05, 3.63) is 139 Å². The molecule has 0 aliphatic carbocycles. The lowest BCUT2D eigenvalue weighted by Crippen LogP contribution is -1.90. The van der Waals surface area contributed by atoms with E-state index in [9.17, 15) is 5.26 Å². The van der Waals surface area contributed by atoms with E-state index >= 15 is 0 Å². The maximum absolute atomic E-state index is 9.33. The second-order valence-electron chi connectivity index (χ2n) is 9.50. The van der Waals surface area contributed by atoms with Crippen LogP contribution in [0.15, 0.2) is 133 Å². The molecule has 0 radical (unpaired) electrons. The number of nitrogens with zero attached hydrogens (tertiary/aromatic N) is 2. The lowest BCUT2D eigenvalue weighted by atomic mass is 9.87. The number of aromatic nitrogens is 1. The molecule has 0 aliphatic rings. The molecule has 38 heavy (non-hydrogen) atoms. The first-order valence-electron chi connectivity index (χ1n) is 12.7. The van der Waals surface area contributed by atoms with Crippen molar-refractivity contribution in [2.24, 2.45) is 0 Å². The van der Waals surface area contributed by atoms with Crippen LogP contribution in [0.25, 0.3) is 65.8 Å². The molecule has 7 rings (SSSR count). The largest absolute Gasteiger partial charge is 0.237 e. The molecule has 0 unspecified atom stereocenters. The summed E-state index contributed by atoms with van der Waals surface area (Å²) < 4.78 is 0. The molecule has 0 saturated carbocycles. The van der Waals surface area contributed by atoms with Crippen LogP contribution in [0.2, 0.25) is 0 Å². The van der Waals surface area contributed by atoms with Crippen LogP contribution in [0, 0.1) is 11.3 Å². The van der Waals surface area contributed by atoms with Crippen LogP contribution >= 0.6 is 0 Å². The Morgan fingerprint density at radius 1 is 0.421 bits per heavy atom. The summed E-state index contributed by atoms with van der Waals surface area (Å²) in [4.78, 5) is 4.53. The molecule has 0 bridgehead atoms. The summed E-state index contributed by atoms with van der Waals surface area (Å²) in [5.41, 5.74) is 6.99. The van der Waals surface area contributed by atoms with Crippen molar-refractivity contribution in [3.8, 4) is 39.6 Å². The lowest BCUT2D eigenvalue weighted by molar-refractivity contribution is 1.27. The highest BCUT2D eigenvalue weighted by molar-refractivity contribution is 6.23. The highest BCUT2D eigenvalue weighted by Gasteiger charge is 2.14. The van der Waals surface area contributed by atoms with Crippen LogP contribution < -0.4 is 0 Å². The van der Waals surface area contributed by atoms with Crippen molar-refractivity contribution in [1.29, 1.82) is 5.26 Å². The highest BCUT2D eigenvalue weighted by Crippen LogP contribution is 2.42. The van der Waals surface area contributed by atoms with Gasteiger partial charge in [-0.25, -0.2) is 4.98 Å². The Kier molecular flexibility index (Phi) is 5.20. The van der Waals surface area contributed by atoms with E-state index in [2.05, 4.69) is 126 Å². The number of benzene rings is 6. The first-order chi connectivity index (χ1) is 18.8. The maximum Gasteiger partial charge on any atom is 0.141 e. The fourth-order valence-electron chi connectivity index (χ4n) is 5.55. The van der Waals surface area contributed by atoms with Gasteiger partial charge in [0.1, 0.15) is 11.8 Å². The minimum absolute atomic E-state index is 0.421. The zero-order valence-electron chi connectivity index (χ0n) is 20.6. The smallest absolute Gasteiger partial charge is 0.141 e. The van der Waals surface area contributed by atoms with E-state index in [0.717, 1.165) is 16.8 Å². The molecule has 0 fully saturated rings. The lowest BCUT2D eigenvalue weighted by Gasteiger charge is -2.16. The Morgan fingerprint density at radius 2 is 0.947 bits per heavy atom. The molecule has 6 aromatic carbocycles. The summed E-state index contributed by atoms with van der Waals surface area (Å²) in [6.45, 7) is 0. The van der Waals surface area contributed by atoms with Crippen LogP contribution in [0.5, 0.6) is 0 Å². The van der Waals surface area contributed by atoms with Crippen molar-refractivity contribution in [2.75, 3.05) is 0 Å². The van der Waals surface area contributed by atoms with Gasteiger partial charge >= 0.3 is 0 Å². The molecule has 1 heterocycles. The Hall–Kier alpha value is -5.26. The van der Waals surface area contributed by atoms with Gasteiger partial charge in [-0.2, -0.15) is 5.26 Å². The fourth-order valence-corrected chi connectivity index (χ4v) is 5.55. The topological polar surface area (TPSA) is 36.7 Å². The summed E-state index contributed by atoms with van der Waals surface area (Å²) in [6, 6.07) is 48.9. The molecule has 2 heteroatoms. The van der Waals surface area contributed by atoms with E-state index in [4.69, 9.17) is 0 Å². The first kappa shape index (κ1) is 22.0. The van der Waals surface area contributed by atoms with Gasteiger partial charge in [0.25, 0.3) is 0 Å². The van der Waals surface area contributed by atoms with Gasteiger partial charge in [-0.3, -0.25) is 0 Å². The van der Waals surface area contributed by atoms with Crippen molar-refractivity contribution >= 4 is 32.3 Å². The Labute approximate surface area is 221 Å². The van der Waals surface area contributed by atoms with Gasteiger partial charge in [-0.15, -0.1) is 0 Å². The normalized spacial score (nSPS) is 11.1. The quantitative estimate of drug-likeness (QED) is 0.235. The van der Waals surface area contributed by atoms with Crippen molar-refractivity contribution in [1.82, 2.24) is 4.98 Å². The van der Waals surface area contributed by atoms with Crippen LogP contribution in [-0.4, -0.2) is 4.98 Å². The Morgan fingerprint density at radius 3 is 1.61 bits per heavy atom. The van der Waals surface area contributed by atoms with Gasteiger partial charge in [0.05, 0.1) is 5.69 Å². The molecule has 0 aliphatic heterocycles. The van der Waals surface area contributed by atoms with E-state index < -0.39 is 0 Å². The molecule has 176 valence electrons. The number of pyridine rings is 1. The number of hydrogen-bond donors (Lipinski definition) is 0. The molecular weight excluding hydrogens is 460 g/mol. The molecule has 0 spiro atoms. The van der Waals surface area contributed by atoms with Gasteiger partial charge in [-0.05, 0) is 84.9 Å². The first-order valence-corrected chi connectivity index (χ1v) is 12.7. The third-order valence-corrected chi connectivity index (χ3v) is 7.30. The van der Waals surface area contributed by atoms with Gasteiger partial charge in [-0.1, -0.05) is 103 Å². The molecule has 1 aromatic heterocycles. The maximum atomic E-state index is 9.33. The van der Waals surface area contributed by atoms with Gasteiger partial charge in [0.2, 0.25) is 0 Å². The predicted octanol–water partition coefficient (Wildman–Crippen LogP) is 9.41. The number of nitriles is 1. The molecule has 0 saturated heterocycles. The zero-order chi connectivity index (χ0) is 25.5. The number of hydrogen-bond acceptors (Lipinski definition) is 2. The van der Waals surface area contributed by atoms with Crippen molar-refractivity contribution in [3.63, 3.8) is 0 Å². The molecule has 2 nitrogen and oxygen atoms in total. The monoisotopic (exact) mass is 482 g/mol. The van der Waals surface area contributed by atoms with Crippen molar-refractivity contribution < 1.29 is 0 Å². The molecule has 0 amide bonds. The van der Waals surface area contributed by atoms with Gasteiger partial charge < -0.3 is 0 Å². The van der Waals surface area contributed by atoms with Crippen molar-refractivity contribution in [2.45, 2.75) is 0 Å². The van der Waals surface area contributed by atoms with Crippen LogP contribution in [-0.2, 0) is 0 Å². The summed E-state index contributed by atoms with van der Waals surface area (Å²) >= 11 is 0. The average Bonchev–Trinajstić information content (AvgIpc) is 3.00. The van der Waals surface area contributed by atoms with Crippen LogP contribution in [0.4, 0.5) is 0 Å². The molecule has 7 aromatic rings. The number of rotatable bonds is 3. The standard InChI is InChI=1S/C36H22N2/c37-23-27-14-9-19-36(38-27)26-13-8-12-25(20-26)33-22-35-30-17-6-4-15-28(30)32(24-10-2-1-3-11-24)21-34(35)31-18-7-5-16-29(31)33/h1-22H. The molecule has 0 N–H and O–H groups in total. The van der Waals surface area contributed by atoms with E-state index in [1.54, 1.807) is 6.07 Å². The van der Waals surface area contributed by atoms with E-state index in [1.165, 1.54) is 49.0 Å². The summed E-state index contributed by atoms with van der Waals surface area (Å²) in [7, 11) is 0. The second kappa shape index (κ2) is 9.00. The van der Waals surface area contributed by atoms with Gasteiger partial charge in [0.15, 0.2) is 0 Å². The second-order valence-corrected chi connectivity index (χ2v) is 9.50. The average molecular weight is 483 g/mol. The van der Waals surface area contributed by atoms with Gasteiger partial charge in [0, 0.05) is 5.56 Å². The Bertz CT molecular complexity index is 2030. The number of fused-ring (bicyclic) bond motifs is 5. The highest BCUT2D eigenvalue weighted by atomic mass is 14.7. The van der Waals surface area contributed by atoms with E-state index in [1.807, 2.05) is 12.1 Å². The summed E-state index contributed by atoms with van der Waals surface area (Å²) in [5.74, 6) is 0.